The lowest BCUT2D eigenvalue weighted by atomic mass is 9.79. The number of hydrogen-bond donors (Lipinski definition) is 4. The quantitative estimate of drug-likeness (QED) is 0.484. The zero-order valence-electron chi connectivity index (χ0n) is 12.6. The molecule has 0 spiro atoms. The molecule has 0 atom stereocenters. The highest BCUT2D eigenvalue weighted by Gasteiger charge is 2.33. The van der Waals surface area contributed by atoms with Gasteiger partial charge in [-0.15, -0.1) is 0 Å². The summed E-state index contributed by atoms with van der Waals surface area (Å²) in [5.74, 6) is -1.09. The van der Waals surface area contributed by atoms with Gasteiger partial charge in [0.05, 0.1) is 16.8 Å². The summed E-state index contributed by atoms with van der Waals surface area (Å²) in [4.78, 5) is 0. The van der Waals surface area contributed by atoms with Crippen molar-refractivity contribution in [3.05, 3.63) is 29.6 Å². The summed E-state index contributed by atoms with van der Waals surface area (Å²) in [6.45, 7) is 6.31. The lowest BCUT2D eigenvalue weighted by Gasteiger charge is -2.31. The second-order valence-electron chi connectivity index (χ2n) is 5.73. The van der Waals surface area contributed by atoms with Crippen LogP contribution in [0.2, 0.25) is 0 Å². The predicted octanol–water partition coefficient (Wildman–Crippen LogP) is 1.05. The van der Waals surface area contributed by atoms with E-state index in [9.17, 15) is 17.6 Å². The molecule has 22 heavy (non-hydrogen) atoms. The first kappa shape index (κ1) is 20.8. The van der Waals surface area contributed by atoms with Crippen molar-refractivity contribution in [3.63, 3.8) is 0 Å². The van der Waals surface area contributed by atoms with Gasteiger partial charge in [-0.2, -0.15) is 13.2 Å². The van der Waals surface area contributed by atoms with E-state index in [0.29, 0.717) is 18.2 Å². The Balaban J connectivity index is 0.000000472. The number of benzene rings is 1. The third kappa shape index (κ3) is 6.31. The summed E-state index contributed by atoms with van der Waals surface area (Å²) in [5, 5.41) is 35.3. The predicted molar refractivity (Wildman–Crippen MR) is 73.8 cm³/mol. The number of halogens is 4. The van der Waals surface area contributed by atoms with Crippen LogP contribution in [0.5, 0.6) is 0 Å². The summed E-state index contributed by atoms with van der Waals surface area (Å²) < 4.78 is 49.0. The molecular weight excluding hydrogens is 307 g/mol. The van der Waals surface area contributed by atoms with Gasteiger partial charge in [-0.1, -0.05) is 0 Å². The Hall–Kier alpha value is -1.16. The Labute approximate surface area is 126 Å². The standard InChI is InChI=1S/C7H5BF4O2.C6H14O2/c9-6-2-1-4(7(10,11)12)3-5(6)8(13)14;1-5(2,7)6(3,4)8/h1-3,13-14H;7-8H,1-4H3. The van der Waals surface area contributed by atoms with Gasteiger partial charge in [0.25, 0.3) is 0 Å². The van der Waals surface area contributed by atoms with Crippen molar-refractivity contribution < 1.29 is 37.8 Å². The maximum atomic E-state index is 12.7. The minimum Gasteiger partial charge on any atom is -0.423 e. The van der Waals surface area contributed by atoms with Crippen LogP contribution >= 0.6 is 0 Å². The van der Waals surface area contributed by atoms with Gasteiger partial charge < -0.3 is 20.3 Å². The first-order valence-corrected chi connectivity index (χ1v) is 6.25. The van der Waals surface area contributed by atoms with E-state index in [1.165, 1.54) is 0 Å². The topological polar surface area (TPSA) is 80.9 Å². The molecule has 0 aliphatic rings. The molecule has 0 heterocycles. The maximum absolute atomic E-state index is 12.7. The average Bonchev–Trinajstić information content (AvgIpc) is 2.25. The van der Waals surface area contributed by atoms with Crippen molar-refractivity contribution in [2.75, 3.05) is 0 Å². The number of hydrogen-bond acceptors (Lipinski definition) is 4. The Morgan fingerprint density at radius 2 is 1.32 bits per heavy atom. The van der Waals surface area contributed by atoms with Crippen LogP contribution in [0, 0.1) is 5.82 Å². The van der Waals surface area contributed by atoms with Crippen LogP contribution in [0.15, 0.2) is 18.2 Å². The Bertz CT molecular complexity index is 478. The molecule has 1 rings (SSSR count). The van der Waals surface area contributed by atoms with Crippen molar-refractivity contribution in [2.24, 2.45) is 0 Å². The monoisotopic (exact) mass is 326 g/mol. The first-order chi connectivity index (χ1) is 9.57. The number of aliphatic hydroxyl groups is 2. The average molecular weight is 326 g/mol. The summed E-state index contributed by atoms with van der Waals surface area (Å²) >= 11 is 0. The van der Waals surface area contributed by atoms with Gasteiger partial charge in [-0.25, -0.2) is 4.39 Å². The molecule has 1 aromatic rings. The van der Waals surface area contributed by atoms with Gasteiger partial charge in [-0.05, 0) is 45.9 Å². The van der Waals surface area contributed by atoms with Gasteiger partial charge in [0, 0.05) is 5.46 Å². The second kappa shape index (κ2) is 6.95. The Kier molecular flexibility index (Phi) is 6.58. The fourth-order valence-corrected chi connectivity index (χ4v) is 0.918. The molecule has 1 aromatic carbocycles. The fourth-order valence-electron chi connectivity index (χ4n) is 0.918. The van der Waals surface area contributed by atoms with E-state index in [1.807, 2.05) is 0 Å². The van der Waals surface area contributed by atoms with Gasteiger partial charge in [0.2, 0.25) is 0 Å². The van der Waals surface area contributed by atoms with Gasteiger partial charge >= 0.3 is 13.3 Å². The van der Waals surface area contributed by atoms with Crippen molar-refractivity contribution in [3.8, 4) is 0 Å². The van der Waals surface area contributed by atoms with Crippen LogP contribution in [0.25, 0.3) is 0 Å². The molecule has 0 unspecified atom stereocenters. The zero-order valence-corrected chi connectivity index (χ0v) is 12.6. The number of rotatable bonds is 2. The maximum Gasteiger partial charge on any atom is 0.491 e. The molecule has 9 heteroatoms. The Morgan fingerprint density at radius 3 is 1.59 bits per heavy atom. The lowest BCUT2D eigenvalue weighted by molar-refractivity contribution is -0.137. The van der Waals surface area contributed by atoms with E-state index in [-0.39, 0.29) is 0 Å². The molecule has 0 fully saturated rings. The minimum absolute atomic E-state index is 0.361. The van der Waals surface area contributed by atoms with Crippen molar-refractivity contribution in [1.82, 2.24) is 0 Å². The molecule has 0 aromatic heterocycles. The third-order valence-corrected chi connectivity index (χ3v) is 3.10. The molecule has 0 amide bonds. The second-order valence-corrected chi connectivity index (χ2v) is 5.73. The van der Waals surface area contributed by atoms with E-state index < -0.39 is 41.3 Å². The normalized spacial score (nSPS) is 12.5. The lowest BCUT2D eigenvalue weighted by Crippen LogP contribution is -2.44. The molecule has 4 nitrogen and oxygen atoms in total. The molecule has 0 bridgehead atoms. The minimum atomic E-state index is -4.63. The molecule has 0 aliphatic heterocycles. The van der Waals surface area contributed by atoms with Gasteiger partial charge in [0.1, 0.15) is 5.82 Å². The highest BCUT2D eigenvalue weighted by atomic mass is 19.4. The molecule has 0 aliphatic carbocycles. The highest BCUT2D eigenvalue weighted by molar-refractivity contribution is 6.58. The van der Waals surface area contributed by atoms with E-state index in [1.54, 1.807) is 27.7 Å². The van der Waals surface area contributed by atoms with Crippen LogP contribution < -0.4 is 5.46 Å². The van der Waals surface area contributed by atoms with Crippen molar-refractivity contribution in [2.45, 2.75) is 45.1 Å². The van der Waals surface area contributed by atoms with Crippen LogP contribution in [0.3, 0.4) is 0 Å². The summed E-state index contributed by atoms with van der Waals surface area (Å²) in [7, 11) is -2.25. The van der Waals surface area contributed by atoms with E-state index in [0.717, 1.165) is 0 Å². The van der Waals surface area contributed by atoms with Crippen molar-refractivity contribution in [1.29, 1.82) is 0 Å². The third-order valence-electron chi connectivity index (χ3n) is 3.10. The van der Waals surface area contributed by atoms with Crippen LogP contribution in [0.4, 0.5) is 17.6 Å². The van der Waals surface area contributed by atoms with Crippen LogP contribution in [-0.4, -0.2) is 38.6 Å². The summed E-state index contributed by atoms with van der Waals surface area (Å²) in [6.07, 6.45) is -4.63. The number of alkyl halides is 3. The van der Waals surface area contributed by atoms with Gasteiger partial charge in [0.15, 0.2) is 0 Å². The zero-order chi connectivity index (χ0) is 17.9. The highest BCUT2D eigenvalue weighted by Crippen LogP contribution is 2.28. The largest absolute Gasteiger partial charge is 0.491 e. The molecule has 0 radical (unpaired) electrons. The van der Waals surface area contributed by atoms with E-state index in [4.69, 9.17) is 20.3 Å². The smallest absolute Gasteiger partial charge is 0.423 e. The molecular formula is C13H19BF4O4. The van der Waals surface area contributed by atoms with E-state index >= 15 is 0 Å². The van der Waals surface area contributed by atoms with Crippen molar-refractivity contribution >= 4 is 12.6 Å². The SMILES string of the molecule is CC(C)(O)C(C)(C)O.OB(O)c1cc(C(F)(F)F)ccc1F. The molecule has 0 saturated heterocycles. The van der Waals surface area contributed by atoms with Gasteiger partial charge in [-0.3, -0.25) is 0 Å². The molecule has 126 valence electrons. The molecule has 4 N–H and O–H groups in total. The first-order valence-electron chi connectivity index (χ1n) is 6.25. The Morgan fingerprint density at radius 1 is 0.909 bits per heavy atom. The molecule has 0 saturated carbocycles. The summed E-state index contributed by atoms with van der Waals surface area (Å²) in [5.41, 5.74) is -3.93. The fraction of sp³-hybridized carbons (Fsp3) is 0.538. The van der Waals surface area contributed by atoms with E-state index in [2.05, 4.69) is 0 Å². The summed E-state index contributed by atoms with van der Waals surface area (Å²) in [6, 6.07) is 1.43. The van der Waals surface area contributed by atoms with Crippen LogP contribution in [0.1, 0.15) is 33.3 Å². The van der Waals surface area contributed by atoms with Crippen LogP contribution in [-0.2, 0) is 6.18 Å².